The van der Waals surface area contributed by atoms with Crippen LogP contribution in [0.15, 0.2) is 60.7 Å². The van der Waals surface area contributed by atoms with Crippen LogP contribution in [0.3, 0.4) is 0 Å². The van der Waals surface area contributed by atoms with Crippen molar-refractivity contribution in [2.24, 2.45) is 5.73 Å². The van der Waals surface area contributed by atoms with E-state index in [1.54, 1.807) is 4.90 Å². The fourth-order valence-corrected chi connectivity index (χ4v) is 2.23. The van der Waals surface area contributed by atoms with Crippen molar-refractivity contribution in [3.63, 3.8) is 0 Å². The van der Waals surface area contributed by atoms with Crippen LogP contribution in [0.25, 0.3) is 0 Å². The van der Waals surface area contributed by atoms with E-state index in [2.05, 4.69) is 0 Å². The monoisotopic (exact) mass is 268 g/mol. The summed E-state index contributed by atoms with van der Waals surface area (Å²) >= 11 is 0. The standard InChI is InChI=1S/C17H20N2O/c1-2-19(15-11-7-4-8-12-15)17(20)16(18)13-14-9-5-3-6-10-14/h3-12,16H,2,13,18H2,1H3/t16-/m0/s1. The molecular weight excluding hydrogens is 248 g/mol. The fourth-order valence-electron chi connectivity index (χ4n) is 2.23. The van der Waals surface area contributed by atoms with Crippen LogP contribution in [0.4, 0.5) is 5.69 Å². The molecule has 1 atom stereocenters. The third kappa shape index (κ3) is 3.45. The number of hydrogen-bond donors (Lipinski definition) is 1. The molecule has 0 aliphatic heterocycles. The van der Waals surface area contributed by atoms with Gasteiger partial charge in [0.05, 0.1) is 6.04 Å². The zero-order chi connectivity index (χ0) is 14.4. The van der Waals surface area contributed by atoms with Gasteiger partial charge in [-0.3, -0.25) is 4.79 Å². The van der Waals surface area contributed by atoms with Crippen LogP contribution in [0, 0.1) is 0 Å². The van der Waals surface area contributed by atoms with Crippen LogP contribution in [-0.2, 0) is 11.2 Å². The molecule has 0 bridgehead atoms. The molecule has 0 spiro atoms. The molecule has 20 heavy (non-hydrogen) atoms. The SMILES string of the molecule is CCN(C(=O)[C@@H](N)Cc1ccccc1)c1ccccc1. The van der Waals surface area contributed by atoms with Gasteiger partial charge in [-0.2, -0.15) is 0 Å². The summed E-state index contributed by atoms with van der Waals surface area (Å²) in [6, 6.07) is 19.0. The Morgan fingerprint density at radius 3 is 2.15 bits per heavy atom. The van der Waals surface area contributed by atoms with Gasteiger partial charge in [0, 0.05) is 12.2 Å². The summed E-state index contributed by atoms with van der Waals surface area (Å²) in [6.07, 6.45) is 0.559. The number of carbonyl (C=O) groups is 1. The second-order valence-electron chi connectivity index (χ2n) is 4.71. The number of rotatable bonds is 5. The Labute approximate surface area is 120 Å². The topological polar surface area (TPSA) is 46.3 Å². The molecule has 0 saturated carbocycles. The van der Waals surface area contributed by atoms with Crippen molar-refractivity contribution in [1.29, 1.82) is 0 Å². The van der Waals surface area contributed by atoms with E-state index in [-0.39, 0.29) is 5.91 Å². The van der Waals surface area contributed by atoms with Crippen molar-refractivity contribution in [1.82, 2.24) is 0 Å². The van der Waals surface area contributed by atoms with Crippen LogP contribution in [0.1, 0.15) is 12.5 Å². The van der Waals surface area contributed by atoms with Crippen molar-refractivity contribution in [2.45, 2.75) is 19.4 Å². The van der Waals surface area contributed by atoms with E-state index >= 15 is 0 Å². The van der Waals surface area contributed by atoms with E-state index in [1.165, 1.54) is 0 Å². The van der Waals surface area contributed by atoms with Crippen LogP contribution in [0.2, 0.25) is 0 Å². The normalized spacial score (nSPS) is 11.9. The van der Waals surface area contributed by atoms with Crippen LogP contribution in [-0.4, -0.2) is 18.5 Å². The molecule has 0 radical (unpaired) electrons. The van der Waals surface area contributed by atoms with Gasteiger partial charge in [-0.25, -0.2) is 0 Å². The number of anilines is 1. The zero-order valence-electron chi connectivity index (χ0n) is 11.7. The maximum Gasteiger partial charge on any atom is 0.244 e. The number of carbonyl (C=O) groups excluding carboxylic acids is 1. The van der Waals surface area contributed by atoms with Crippen molar-refractivity contribution >= 4 is 11.6 Å². The molecule has 2 rings (SSSR count). The molecule has 2 N–H and O–H groups in total. The van der Waals surface area contributed by atoms with E-state index in [1.807, 2.05) is 67.6 Å². The van der Waals surface area contributed by atoms with Crippen molar-refractivity contribution in [2.75, 3.05) is 11.4 Å². The lowest BCUT2D eigenvalue weighted by Gasteiger charge is -2.24. The Morgan fingerprint density at radius 1 is 1.05 bits per heavy atom. The number of amides is 1. The summed E-state index contributed by atoms with van der Waals surface area (Å²) < 4.78 is 0. The van der Waals surface area contributed by atoms with E-state index in [4.69, 9.17) is 5.73 Å². The third-order valence-electron chi connectivity index (χ3n) is 3.27. The molecule has 104 valence electrons. The maximum atomic E-state index is 12.5. The minimum atomic E-state index is -0.516. The van der Waals surface area contributed by atoms with Gasteiger partial charge in [0.25, 0.3) is 0 Å². The number of benzene rings is 2. The quantitative estimate of drug-likeness (QED) is 0.906. The maximum absolute atomic E-state index is 12.5. The van der Waals surface area contributed by atoms with Crippen LogP contribution >= 0.6 is 0 Å². The molecule has 2 aromatic carbocycles. The average Bonchev–Trinajstić information content (AvgIpc) is 2.50. The number of likely N-dealkylation sites (N-methyl/N-ethyl adjacent to an activating group) is 1. The van der Waals surface area contributed by atoms with Gasteiger partial charge >= 0.3 is 0 Å². The van der Waals surface area contributed by atoms with E-state index < -0.39 is 6.04 Å². The number of nitrogens with two attached hydrogens (primary N) is 1. The summed E-state index contributed by atoms with van der Waals surface area (Å²) in [7, 11) is 0. The highest BCUT2D eigenvalue weighted by Gasteiger charge is 2.21. The van der Waals surface area contributed by atoms with E-state index in [0.29, 0.717) is 13.0 Å². The molecule has 0 aromatic heterocycles. The molecule has 0 aliphatic rings. The highest BCUT2D eigenvalue weighted by molar-refractivity contribution is 5.97. The molecule has 0 heterocycles. The fraction of sp³-hybridized carbons (Fsp3) is 0.235. The lowest BCUT2D eigenvalue weighted by molar-refractivity contribution is -0.119. The highest BCUT2D eigenvalue weighted by atomic mass is 16.2. The molecule has 0 unspecified atom stereocenters. The first-order valence-corrected chi connectivity index (χ1v) is 6.88. The lowest BCUT2D eigenvalue weighted by atomic mass is 10.1. The van der Waals surface area contributed by atoms with Crippen molar-refractivity contribution in [3.05, 3.63) is 66.2 Å². The van der Waals surface area contributed by atoms with Crippen molar-refractivity contribution < 1.29 is 4.79 Å². The average molecular weight is 268 g/mol. The van der Waals surface area contributed by atoms with Crippen molar-refractivity contribution in [3.8, 4) is 0 Å². The summed E-state index contributed by atoms with van der Waals surface area (Å²) in [5.74, 6) is -0.0393. The molecule has 1 amide bonds. The second-order valence-corrected chi connectivity index (χ2v) is 4.71. The number of para-hydroxylation sites is 1. The summed E-state index contributed by atoms with van der Waals surface area (Å²) in [5.41, 5.74) is 8.04. The molecule has 3 heteroatoms. The summed E-state index contributed by atoms with van der Waals surface area (Å²) in [5, 5.41) is 0. The zero-order valence-corrected chi connectivity index (χ0v) is 11.7. The number of nitrogens with zero attached hydrogens (tertiary/aromatic N) is 1. The van der Waals surface area contributed by atoms with Gasteiger partial charge < -0.3 is 10.6 Å². The Kier molecular flexibility index (Phi) is 4.91. The summed E-state index contributed by atoms with van der Waals surface area (Å²) in [6.45, 7) is 2.57. The smallest absolute Gasteiger partial charge is 0.244 e. The highest BCUT2D eigenvalue weighted by Crippen LogP contribution is 2.15. The van der Waals surface area contributed by atoms with Gasteiger partial charge in [0.1, 0.15) is 0 Å². The number of hydrogen-bond acceptors (Lipinski definition) is 2. The Bertz CT molecular complexity index is 539. The van der Waals surface area contributed by atoms with E-state index in [9.17, 15) is 4.79 Å². The third-order valence-corrected chi connectivity index (χ3v) is 3.27. The minimum absolute atomic E-state index is 0.0393. The van der Waals surface area contributed by atoms with Crippen LogP contribution in [0.5, 0.6) is 0 Å². The Balaban J connectivity index is 2.09. The molecule has 0 saturated heterocycles. The Morgan fingerprint density at radius 2 is 1.60 bits per heavy atom. The first-order valence-electron chi connectivity index (χ1n) is 6.88. The molecular formula is C17H20N2O. The molecule has 0 aliphatic carbocycles. The van der Waals surface area contributed by atoms with Gasteiger partial charge in [0.15, 0.2) is 0 Å². The van der Waals surface area contributed by atoms with Crippen LogP contribution < -0.4 is 10.6 Å². The largest absolute Gasteiger partial charge is 0.320 e. The molecule has 0 fully saturated rings. The predicted octanol–water partition coefficient (Wildman–Crippen LogP) is 2.61. The van der Waals surface area contributed by atoms with Gasteiger partial charge in [0.2, 0.25) is 5.91 Å². The molecule has 3 nitrogen and oxygen atoms in total. The lowest BCUT2D eigenvalue weighted by Crippen LogP contribution is -2.45. The summed E-state index contributed by atoms with van der Waals surface area (Å²) in [4.78, 5) is 14.2. The Hall–Kier alpha value is -2.13. The van der Waals surface area contributed by atoms with Gasteiger partial charge in [-0.1, -0.05) is 48.5 Å². The first-order chi connectivity index (χ1) is 9.72. The van der Waals surface area contributed by atoms with Gasteiger partial charge in [-0.05, 0) is 31.0 Å². The van der Waals surface area contributed by atoms with E-state index in [0.717, 1.165) is 11.3 Å². The minimum Gasteiger partial charge on any atom is -0.320 e. The molecule has 2 aromatic rings. The van der Waals surface area contributed by atoms with Gasteiger partial charge in [-0.15, -0.1) is 0 Å². The predicted molar refractivity (Wildman–Crippen MR) is 82.6 cm³/mol. The second kappa shape index (κ2) is 6.87. The first kappa shape index (κ1) is 14.3.